The van der Waals surface area contributed by atoms with Crippen LogP contribution in [-0.4, -0.2) is 12.1 Å². The molecule has 0 aliphatic carbocycles. The molecule has 0 bridgehead atoms. The van der Waals surface area contributed by atoms with Crippen LogP contribution in [0.3, 0.4) is 0 Å². The van der Waals surface area contributed by atoms with Crippen molar-refractivity contribution < 1.29 is 4.74 Å². The quantitative estimate of drug-likeness (QED) is 0.298. The highest BCUT2D eigenvalue weighted by molar-refractivity contribution is 5.84. The van der Waals surface area contributed by atoms with E-state index in [0.29, 0.717) is 0 Å². The van der Waals surface area contributed by atoms with Gasteiger partial charge in [-0.1, -0.05) is 102 Å². The lowest BCUT2D eigenvalue weighted by molar-refractivity contribution is 0.419. The van der Waals surface area contributed by atoms with E-state index >= 15 is 0 Å². The minimum absolute atomic E-state index is 0.875. The van der Waals surface area contributed by atoms with E-state index in [-0.39, 0.29) is 0 Å². The van der Waals surface area contributed by atoms with E-state index in [2.05, 4.69) is 25.1 Å². The predicted molar refractivity (Wildman–Crippen MR) is 118 cm³/mol. The average Bonchev–Trinajstić information content (AvgIpc) is 2.71. The van der Waals surface area contributed by atoms with Crippen LogP contribution in [0.5, 0.6) is 5.75 Å². The molecule has 0 aliphatic heterocycles. The van der Waals surface area contributed by atoms with E-state index in [0.717, 1.165) is 23.1 Å². The molecule has 2 rings (SSSR count). The highest BCUT2D eigenvalue weighted by Crippen LogP contribution is 2.24. The number of fused-ring (bicyclic) bond motifs is 1. The Labute approximate surface area is 166 Å². The van der Waals surface area contributed by atoms with Gasteiger partial charge < -0.3 is 4.74 Å². The van der Waals surface area contributed by atoms with Gasteiger partial charge in [0.1, 0.15) is 11.3 Å². The standard InChI is InChI=1S/C25H39NO/c1-3-4-5-6-7-8-9-10-11-12-13-14-15-18-23-21-20-22-17-16-19-24(27-2)25(22)26-23/h16-17,19-21H,3-15,18H2,1-2H3. The van der Waals surface area contributed by atoms with E-state index < -0.39 is 0 Å². The third-order valence-electron chi connectivity index (χ3n) is 5.50. The minimum atomic E-state index is 0.875. The summed E-state index contributed by atoms with van der Waals surface area (Å²) < 4.78 is 5.44. The van der Waals surface area contributed by atoms with Gasteiger partial charge in [-0.3, -0.25) is 0 Å². The summed E-state index contributed by atoms with van der Waals surface area (Å²) in [5.41, 5.74) is 2.18. The first-order valence-corrected chi connectivity index (χ1v) is 11.3. The smallest absolute Gasteiger partial charge is 0.145 e. The minimum Gasteiger partial charge on any atom is -0.494 e. The molecule has 0 aliphatic rings. The number of hydrogen-bond donors (Lipinski definition) is 0. The number of rotatable bonds is 15. The third-order valence-corrected chi connectivity index (χ3v) is 5.50. The maximum atomic E-state index is 5.44. The van der Waals surface area contributed by atoms with Crippen LogP contribution >= 0.6 is 0 Å². The van der Waals surface area contributed by atoms with Crippen molar-refractivity contribution in [1.29, 1.82) is 0 Å². The summed E-state index contributed by atoms with van der Waals surface area (Å²) in [6.07, 6.45) is 19.2. The largest absolute Gasteiger partial charge is 0.494 e. The fourth-order valence-corrected chi connectivity index (χ4v) is 3.79. The molecule has 0 spiro atoms. The van der Waals surface area contributed by atoms with Crippen LogP contribution < -0.4 is 4.74 Å². The number of hydrogen-bond acceptors (Lipinski definition) is 2. The topological polar surface area (TPSA) is 22.1 Å². The first kappa shape index (κ1) is 21.7. The van der Waals surface area contributed by atoms with Gasteiger partial charge in [0, 0.05) is 11.1 Å². The van der Waals surface area contributed by atoms with Crippen LogP contribution in [0.4, 0.5) is 0 Å². The number of para-hydroxylation sites is 1. The van der Waals surface area contributed by atoms with Gasteiger partial charge in [0.15, 0.2) is 0 Å². The summed E-state index contributed by atoms with van der Waals surface area (Å²) in [6.45, 7) is 2.29. The summed E-state index contributed by atoms with van der Waals surface area (Å²) in [4.78, 5) is 4.82. The number of aromatic nitrogens is 1. The molecule has 0 fully saturated rings. The summed E-state index contributed by atoms with van der Waals surface area (Å²) in [6, 6.07) is 10.4. The van der Waals surface area contributed by atoms with Gasteiger partial charge in [0.25, 0.3) is 0 Å². The van der Waals surface area contributed by atoms with Gasteiger partial charge in [-0.2, -0.15) is 0 Å². The predicted octanol–water partition coefficient (Wildman–Crippen LogP) is 7.88. The number of nitrogens with zero attached hydrogens (tertiary/aromatic N) is 1. The second-order valence-corrected chi connectivity index (χ2v) is 7.83. The maximum absolute atomic E-state index is 5.44. The normalized spacial score (nSPS) is 11.2. The highest BCUT2D eigenvalue weighted by Gasteiger charge is 2.04. The molecule has 1 heterocycles. The molecular weight excluding hydrogens is 330 g/mol. The van der Waals surface area contributed by atoms with Crippen LogP contribution in [0, 0.1) is 0 Å². The van der Waals surface area contributed by atoms with Gasteiger partial charge >= 0.3 is 0 Å². The molecule has 0 saturated carbocycles. The first-order valence-electron chi connectivity index (χ1n) is 11.3. The van der Waals surface area contributed by atoms with Crippen molar-refractivity contribution in [3.05, 3.63) is 36.0 Å². The van der Waals surface area contributed by atoms with Crippen molar-refractivity contribution in [3.8, 4) is 5.75 Å². The molecule has 0 amide bonds. The Morgan fingerprint density at radius 2 is 1.30 bits per heavy atom. The molecule has 2 heteroatoms. The van der Waals surface area contributed by atoms with Crippen LogP contribution in [0.1, 0.15) is 96.1 Å². The zero-order valence-electron chi connectivity index (χ0n) is 17.6. The number of benzene rings is 1. The maximum Gasteiger partial charge on any atom is 0.145 e. The molecule has 0 N–H and O–H groups in total. The van der Waals surface area contributed by atoms with E-state index in [1.54, 1.807) is 7.11 Å². The van der Waals surface area contributed by atoms with E-state index in [9.17, 15) is 0 Å². The van der Waals surface area contributed by atoms with Crippen molar-refractivity contribution in [2.24, 2.45) is 0 Å². The number of aryl methyl sites for hydroxylation is 1. The Morgan fingerprint density at radius 3 is 1.89 bits per heavy atom. The lowest BCUT2D eigenvalue weighted by Gasteiger charge is -2.07. The monoisotopic (exact) mass is 369 g/mol. The second-order valence-electron chi connectivity index (χ2n) is 7.83. The van der Waals surface area contributed by atoms with Crippen molar-refractivity contribution >= 4 is 10.9 Å². The lowest BCUT2D eigenvalue weighted by atomic mass is 10.0. The summed E-state index contributed by atoms with van der Waals surface area (Å²) in [5, 5.41) is 1.16. The van der Waals surface area contributed by atoms with E-state index in [1.165, 1.54) is 89.2 Å². The van der Waals surface area contributed by atoms with Gasteiger partial charge in [-0.15, -0.1) is 0 Å². The van der Waals surface area contributed by atoms with Crippen LogP contribution in [0.25, 0.3) is 10.9 Å². The molecule has 0 unspecified atom stereocenters. The van der Waals surface area contributed by atoms with Crippen LogP contribution in [0.2, 0.25) is 0 Å². The van der Waals surface area contributed by atoms with Gasteiger partial charge in [-0.05, 0) is 25.0 Å². The molecule has 1 aromatic carbocycles. The zero-order valence-corrected chi connectivity index (χ0v) is 17.6. The van der Waals surface area contributed by atoms with Crippen molar-refractivity contribution in [2.45, 2.75) is 96.8 Å². The Balaban J connectivity index is 1.51. The fourth-order valence-electron chi connectivity index (χ4n) is 3.79. The van der Waals surface area contributed by atoms with Crippen molar-refractivity contribution in [3.63, 3.8) is 0 Å². The summed E-state index contributed by atoms with van der Waals surface area (Å²) in [7, 11) is 1.72. The first-order chi connectivity index (χ1) is 13.3. The summed E-state index contributed by atoms with van der Waals surface area (Å²) in [5.74, 6) is 0.875. The molecule has 150 valence electrons. The number of unbranched alkanes of at least 4 members (excludes halogenated alkanes) is 12. The summed E-state index contributed by atoms with van der Waals surface area (Å²) >= 11 is 0. The Morgan fingerprint density at radius 1 is 0.704 bits per heavy atom. The molecule has 0 saturated heterocycles. The molecule has 2 aromatic rings. The van der Waals surface area contributed by atoms with Gasteiger partial charge in [-0.25, -0.2) is 4.98 Å². The Bertz CT molecular complexity index is 637. The zero-order chi connectivity index (χ0) is 19.2. The van der Waals surface area contributed by atoms with E-state index in [1.807, 2.05) is 12.1 Å². The van der Waals surface area contributed by atoms with E-state index in [4.69, 9.17) is 9.72 Å². The van der Waals surface area contributed by atoms with Gasteiger partial charge in [0.05, 0.1) is 7.11 Å². The Kier molecular flexibility index (Phi) is 10.9. The number of pyridine rings is 1. The second kappa shape index (κ2) is 13.6. The molecule has 2 nitrogen and oxygen atoms in total. The SMILES string of the molecule is CCCCCCCCCCCCCCCc1ccc2cccc(OC)c2n1. The average molecular weight is 370 g/mol. The lowest BCUT2D eigenvalue weighted by Crippen LogP contribution is -1.94. The van der Waals surface area contributed by atoms with Crippen molar-refractivity contribution in [1.82, 2.24) is 4.98 Å². The van der Waals surface area contributed by atoms with Crippen molar-refractivity contribution in [2.75, 3.05) is 7.11 Å². The van der Waals surface area contributed by atoms with Crippen LogP contribution in [0.15, 0.2) is 30.3 Å². The molecule has 0 radical (unpaired) electrons. The highest BCUT2D eigenvalue weighted by atomic mass is 16.5. The van der Waals surface area contributed by atoms with Gasteiger partial charge in [0.2, 0.25) is 0 Å². The third kappa shape index (κ3) is 8.32. The Hall–Kier alpha value is -1.57. The molecular formula is C25H39NO. The fraction of sp³-hybridized carbons (Fsp3) is 0.640. The number of ether oxygens (including phenoxy) is 1. The number of methoxy groups -OCH3 is 1. The van der Waals surface area contributed by atoms with Crippen LogP contribution in [-0.2, 0) is 6.42 Å². The molecule has 27 heavy (non-hydrogen) atoms. The molecule has 0 atom stereocenters. The molecule has 1 aromatic heterocycles.